The SMILES string of the molecule is Cc1cc(Cl)ccc1-c1c(CN)c(C)nc2cc(-c3ccccc3)nn12. The fourth-order valence-corrected chi connectivity index (χ4v) is 3.54. The molecule has 0 unspecified atom stereocenters. The van der Waals surface area contributed by atoms with Crippen molar-refractivity contribution in [3.05, 3.63) is 76.4 Å². The van der Waals surface area contributed by atoms with Crippen molar-refractivity contribution in [2.45, 2.75) is 20.4 Å². The smallest absolute Gasteiger partial charge is 0.156 e. The highest BCUT2D eigenvalue weighted by molar-refractivity contribution is 6.30. The fourth-order valence-electron chi connectivity index (χ4n) is 3.32. The number of nitrogens with two attached hydrogens (primary N) is 1. The van der Waals surface area contributed by atoms with Crippen molar-refractivity contribution in [3.63, 3.8) is 0 Å². The molecule has 26 heavy (non-hydrogen) atoms. The van der Waals surface area contributed by atoms with E-state index >= 15 is 0 Å². The third kappa shape index (κ3) is 2.77. The molecule has 0 fully saturated rings. The molecule has 4 aromatic rings. The van der Waals surface area contributed by atoms with Crippen molar-refractivity contribution in [3.8, 4) is 22.5 Å². The zero-order chi connectivity index (χ0) is 18.3. The van der Waals surface area contributed by atoms with E-state index in [9.17, 15) is 0 Å². The summed E-state index contributed by atoms with van der Waals surface area (Å²) in [4.78, 5) is 4.72. The number of rotatable bonds is 3. The van der Waals surface area contributed by atoms with Crippen molar-refractivity contribution < 1.29 is 0 Å². The predicted octanol–water partition coefficient (Wildman–Crippen LogP) is 4.79. The van der Waals surface area contributed by atoms with E-state index in [0.717, 1.165) is 45.0 Å². The lowest BCUT2D eigenvalue weighted by Crippen LogP contribution is -2.10. The maximum atomic E-state index is 6.15. The highest BCUT2D eigenvalue weighted by atomic mass is 35.5. The molecule has 4 nitrogen and oxygen atoms in total. The standard InChI is InChI=1S/C21H19ClN4/c1-13-10-16(22)8-9-17(13)21-18(12-23)14(2)24-20-11-19(25-26(20)21)15-6-4-3-5-7-15/h3-11H,12,23H2,1-2H3. The number of hydrogen-bond donors (Lipinski definition) is 1. The average Bonchev–Trinajstić information content (AvgIpc) is 3.05. The molecule has 5 heteroatoms. The summed E-state index contributed by atoms with van der Waals surface area (Å²) in [5.41, 5.74) is 13.9. The second-order valence-corrected chi connectivity index (χ2v) is 6.79. The van der Waals surface area contributed by atoms with E-state index in [1.54, 1.807) is 0 Å². The number of hydrogen-bond acceptors (Lipinski definition) is 3. The van der Waals surface area contributed by atoms with Crippen molar-refractivity contribution in [2.75, 3.05) is 0 Å². The van der Waals surface area contributed by atoms with E-state index in [1.807, 2.05) is 73.0 Å². The molecular formula is C21H19ClN4. The van der Waals surface area contributed by atoms with Gasteiger partial charge in [-0.1, -0.05) is 48.0 Å². The van der Waals surface area contributed by atoms with Crippen LogP contribution in [0, 0.1) is 13.8 Å². The summed E-state index contributed by atoms with van der Waals surface area (Å²) >= 11 is 6.15. The lowest BCUT2D eigenvalue weighted by molar-refractivity contribution is 0.897. The molecule has 0 saturated carbocycles. The lowest BCUT2D eigenvalue weighted by atomic mass is 10.00. The molecule has 2 N–H and O–H groups in total. The van der Waals surface area contributed by atoms with Gasteiger partial charge in [-0.15, -0.1) is 0 Å². The van der Waals surface area contributed by atoms with Gasteiger partial charge in [0.05, 0.1) is 11.4 Å². The zero-order valence-electron chi connectivity index (χ0n) is 14.7. The lowest BCUT2D eigenvalue weighted by Gasteiger charge is -2.15. The largest absolute Gasteiger partial charge is 0.326 e. The zero-order valence-corrected chi connectivity index (χ0v) is 15.5. The summed E-state index contributed by atoms with van der Waals surface area (Å²) < 4.78 is 1.90. The van der Waals surface area contributed by atoms with Crippen LogP contribution in [0.1, 0.15) is 16.8 Å². The maximum absolute atomic E-state index is 6.15. The van der Waals surface area contributed by atoms with Gasteiger partial charge in [0, 0.05) is 40.0 Å². The van der Waals surface area contributed by atoms with E-state index < -0.39 is 0 Å². The molecule has 0 amide bonds. The topological polar surface area (TPSA) is 56.2 Å². The van der Waals surface area contributed by atoms with E-state index in [0.29, 0.717) is 11.6 Å². The summed E-state index contributed by atoms with van der Waals surface area (Å²) in [6, 6.07) is 18.0. The van der Waals surface area contributed by atoms with E-state index in [4.69, 9.17) is 27.4 Å². The fraction of sp³-hybridized carbons (Fsp3) is 0.143. The predicted molar refractivity (Wildman–Crippen MR) is 106 cm³/mol. The Kier molecular flexibility index (Phi) is 4.23. The molecule has 130 valence electrons. The Morgan fingerprint density at radius 1 is 1.04 bits per heavy atom. The number of benzene rings is 2. The number of aromatic nitrogens is 3. The van der Waals surface area contributed by atoms with Gasteiger partial charge >= 0.3 is 0 Å². The van der Waals surface area contributed by atoms with Gasteiger partial charge in [0.25, 0.3) is 0 Å². The van der Waals surface area contributed by atoms with Crippen molar-refractivity contribution in [1.29, 1.82) is 0 Å². The second-order valence-electron chi connectivity index (χ2n) is 6.35. The maximum Gasteiger partial charge on any atom is 0.156 e. The summed E-state index contributed by atoms with van der Waals surface area (Å²) in [6.07, 6.45) is 0. The van der Waals surface area contributed by atoms with Crippen LogP contribution in [0.15, 0.2) is 54.6 Å². The van der Waals surface area contributed by atoms with Gasteiger partial charge in [0.2, 0.25) is 0 Å². The molecule has 0 aliphatic heterocycles. The van der Waals surface area contributed by atoms with Gasteiger partial charge in [-0.2, -0.15) is 5.10 Å². The molecule has 0 saturated heterocycles. The molecule has 0 aliphatic carbocycles. The van der Waals surface area contributed by atoms with Gasteiger partial charge in [0.1, 0.15) is 0 Å². The Morgan fingerprint density at radius 2 is 1.81 bits per heavy atom. The quantitative estimate of drug-likeness (QED) is 0.570. The first kappa shape index (κ1) is 16.8. The molecule has 2 aromatic heterocycles. The van der Waals surface area contributed by atoms with Gasteiger partial charge in [-0.05, 0) is 31.5 Å². The highest BCUT2D eigenvalue weighted by Gasteiger charge is 2.18. The molecular weight excluding hydrogens is 344 g/mol. The number of aryl methyl sites for hydroxylation is 2. The number of nitrogens with zero attached hydrogens (tertiary/aromatic N) is 3. The van der Waals surface area contributed by atoms with Crippen LogP contribution in [-0.2, 0) is 6.54 Å². The van der Waals surface area contributed by atoms with E-state index in [2.05, 4.69) is 0 Å². The third-order valence-electron chi connectivity index (χ3n) is 4.62. The van der Waals surface area contributed by atoms with Crippen LogP contribution >= 0.6 is 11.6 Å². The minimum atomic E-state index is 0.396. The first-order chi connectivity index (χ1) is 12.6. The Morgan fingerprint density at radius 3 is 2.50 bits per heavy atom. The van der Waals surface area contributed by atoms with Crippen LogP contribution < -0.4 is 5.73 Å². The highest BCUT2D eigenvalue weighted by Crippen LogP contribution is 2.31. The second kappa shape index (κ2) is 6.56. The minimum absolute atomic E-state index is 0.396. The van der Waals surface area contributed by atoms with Gasteiger partial charge in [-0.25, -0.2) is 9.50 Å². The summed E-state index contributed by atoms with van der Waals surface area (Å²) in [5, 5.41) is 5.55. The van der Waals surface area contributed by atoms with Crippen LogP contribution in [0.3, 0.4) is 0 Å². The Bertz CT molecular complexity index is 1100. The molecule has 4 rings (SSSR count). The number of halogens is 1. The Labute approximate surface area is 157 Å². The van der Waals surface area contributed by atoms with Crippen LogP contribution in [0.25, 0.3) is 28.2 Å². The molecule has 2 heterocycles. The van der Waals surface area contributed by atoms with Gasteiger partial charge in [0.15, 0.2) is 5.65 Å². The molecule has 2 aromatic carbocycles. The van der Waals surface area contributed by atoms with Crippen molar-refractivity contribution in [1.82, 2.24) is 14.6 Å². The van der Waals surface area contributed by atoms with Gasteiger partial charge < -0.3 is 5.73 Å². The van der Waals surface area contributed by atoms with Crippen molar-refractivity contribution in [2.24, 2.45) is 5.73 Å². The minimum Gasteiger partial charge on any atom is -0.326 e. The first-order valence-corrected chi connectivity index (χ1v) is 8.87. The Balaban J connectivity index is 2.04. The molecule has 0 radical (unpaired) electrons. The molecule has 0 atom stereocenters. The summed E-state index contributed by atoms with van der Waals surface area (Å²) in [5.74, 6) is 0. The average molecular weight is 363 g/mol. The van der Waals surface area contributed by atoms with Crippen LogP contribution in [-0.4, -0.2) is 14.6 Å². The van der Waals surface area contributed by atoms with Crippen molar-refractivity contribution >= 4 is 17.2 Å². The Hall–Kier alpha value is -2.69. The summed E-state index contributed by atoms with van der Waals surface area (Å²) in [6.45, 7) is 4.43. The monoisotopic (exact) mass is 362 g/mol. The van der Waals surface area contributed by atoms with Crippen LogP contribution in [0.4, 0.5) is 0 Å². The third-order valence-corrected chi connectivity index (χ3v) is 4.86. The first-order valence-electron chi connectivity index (χ1n) is 8.49. The van der Waals surface area contributed by atoms with Crippen LogP contribution in [0.5, 0.6) is 0 Å². The number of fused-ring (bicyclic) bond motifs is 1. The normalized spacial score (nSPS) is 11.2. The summed E-state index contributed by atoms with van der Waals surface area (Å²) in [7, 11) is 0. The van der Waals surface area contributed by atoms with E-state index in [1.165, 1.54) is 0 Å². The van der Waals surface area contributed by atoms with Gasteiger partial charge in [-0.3, -0.25) is 0 Å². The van der Waals surface area contributed by atoms with E-state index in [-0.39, 0.29) is 0 Å². The molecule has 0 aliphatic rings. The molecule has 0 spiro atoms. The van der Waals surface area contributed by atoms with Crippen LogP contribution in [0.2, 0.25) is 5.02 Å². The molecule has 0 bridgehead atoms.